The van der Waals surface area contributed by atoms with Crippen molar-refractivity contribution in [1.29, 1.82) is 0 Å². The lowest BCUT2D eigenvalue weighted by atomic mass is 10.2. The number of hydrogen-bond acceptors (Lipinski definition) is 5. The molecule has 0 bridgehead atoms. The topological polar surface area (TPSA) is 88.4 Å². The largest absolute Gasteiger partial charge is 0.465 e. The van der Waals surface area contributed by atoms with E-state index in [0.29, 0.717) is 6.54 Å². The smallest absolute Gasteiger partial charge is 0.341 e. The maximum atomic E-state index is 12.8. The molecule has 0 saturated carbocycles. The molecule has 0 spiro atoms. The average Bonchev–Trinajstić information content (AvgIpc) is 3.38. The van der Waals surface area contributed by atoms with Crippen molar-refractivity contribution >= 4 is 22.9 Å². The molecule has 128 valence electrons. The van der Waals surface area contributed by atoms with Crippen molar-refractivity contribution in [3.8, 4) is 0 Å². The first-order chi connectivity index (χ1) is 12.2. The van der Waals surface area contributed by atoms with Gasteiger partial charge in [-0.2, -0.15) is 0 Å². The number of methoxy groups -OCH3 is 1. The molecular formula is C18H17N3O4. The molecule has 1 fully saturated rings. The number of amides is 1. The van der Waals surface area contributed by atoms with Crippen LogP contribution < -0.4 is 0 Å². The summed E-state index contributed by atoms with van der Waals surface area (Å²) in [6.07, 6.45) is 2.96. The number of carbonyl (C=O) groups is 2. The van der Waals surface area contributed by atoms with Gasteiger partial charge in [0.25, 0.3) is 5.91 Å². The molecule has 1 aliphatic heterocycles. The van der Waals surface area contributed by atoms with Gasteiger partial charge >= 0.3 is 5.97 Å². The van der Waals surface area contributed by atoms with Crippen LogP contribution in [-0.2, 0) is 4.74 Å². The molecule has 7 heteroatoms. The summed E-state index contributed by atoms with van der Waals surface area (Å²) in [5.74, 6) is 0.117. The fourth-order valence-corrected chi connectivity index (χ4v) is 3.24. The molecule has 1 aliphatic rings. The van der Waals surface area contributed by atoms with Gasteiger partial charge in [0.1, 0.15) is 12.1 Å². The molecule has 1 atom stereocenters. The molecule has 4 rings (SSSR count). The molecule has 2 aromatic heterocycles. The number of H-pyrrole nitrogens is 1. The Hall–Kier alpha value is -3.09. The van der Waals surface area contributed by atoms with E-state index in [9.17, 15) is 9.59 Å². The molecule has 0 unspecified atom stereocenters. The minimum atomic E-state index is -0.530. The number of carbonyl (C=O) groups excluding carboxylic acids is 2. The van der Waals surface area contributed by atoms with Crippen molar-refractivity contribution in [2.75, 3.05) is 13.7 Å². The average molecular weight is 339 g/mol. The Kier molecular flexibility index (Phi) is 3.76. The molecule has 1 saturated heterocycles. The highest BCUT2D eigenvalue weighted by molar-refractivity contribution is 5.96. The Morgan fingerprint density at radius 3 is 3.00 bits per heavy atom. The van der Waals surface area contributed by atoms with Crippen molar-refractivity contribution in [3.63, 3.8) is 0 Å². The molecule has 1 amide bonds. The Morgan fingerprint density at radius 1 is 1.36 bits per heavy atom. The van der Waals surface area contributed by atoms with Crippen molar-refractivity contribution < 1.29 is 18.7 Å². The molecule has 3 heterocycles. The molecule has 1 N–H and O–H groups in total. The second kappa shape index (κ2) is 6.08. The fourth-order valence-electron chi connectivity index (χ4n) is 3.24. The van der Waals surface area contributed by atoms with E-state index in [1.54, 1.807) is 4.90 Å². The number of esters is 1. The van der Waals surface area contributed by atoms with Gasteiger partial charge in [-0.1, -0.05) is 12.1 Å². The third-order valence-electron chi connectivity index (χ3n) is 4.47. The summed E-state index contributed by atoms with van der Waals surface area (Å²) in [7, 11) is 1.29. The summed E-state index contributed by atoms with van der Waals surface area (Å²) in [6.45, 7) is 0.620. The van der Waals surface area contributed by atoms with Crippen molar-refractivity contribution in [3.05, 3.63) is 53.7 Å². The van der Waals surface area contributed by atoms with Gasteiger partial charge in [-0.15, -0.1) is 0 Å². The SMILES string of the molecule is COC(=O)c1coc(C(=O)N2CCC[C@@H]2c2nc3ccccc3[nH]2)c1. The van der Waals surface area contributed by atoms with E-state index >= 15 is 0 Å². The van der Waals surface area contributed by atoms with Crippen LogP contribution in [0.2, 0.25) is 0 Å². The zero-order chi connectivity index (χ0) is 17.4. The van der Waals surface area contributed by atoms with Crippen LogP contribution in [0.5, 0.6) is 0 Å². The van der Waals surface area contributed by atoms with E-state index in [1.807, 2.05) is 24.3 Å². The van der Waals surface area contributed by atoms with Crippen LogP contribution in [0.4, 0.5) is 0 Å². The number of nitrogens with zero attached hydrogens (tertiary/aromatic N) is 2. The molecular weight excluding hydrogens is 322 g/mol. The van der Waals surface area contributed by atoms with Gasteiger partial charge in [0, 0.05) is 12.6 Å². The fraction of sp³-hybridized carbons (Fsp3) is 0.278. The summed E-state index contributed by atoms with van der Waals surface area (Å²) in [5.41, 5.74) is 2.05. The lowest BCUT2D eigenvalue weighted by molar-refractivity contribution is 0.0599. The quantitative estimate of drug-likeness (QED) is 0.741. The Morgan fingerprint density at radius 2 is 2.20 bits per heavy atom. The van der Waals surface area contributed by atoms with Crippen LogP contribution in [0.15, 0.2) is 41.0 Å². The zero-order valence-electron chi connectivity index (χ0n) is 13.7. The lowest BCUT2D eigenvalue weighted by Crippen LogP contribution is -2.30. The van der Waals surface area contributed by atoms with Gasteiger partial charge in [0.2, 0.25) is 0 Å². The second-order valence-electron chi connectivity index (χ2n) is 5.99. The number of imidazole rings is 1. The van der Waals surface area contributed by atoms with Gasteiger partial charge in [-0.3, -0.25) is 4.79 Å². The zero-order valence-corrected chi connectivity index (χ0v) is 13.7. The molecule has 1 aromatic carbocycles. The van der Waals surface area contributed by atoms with E-state index in [4.69, 9.17) is 4.42 Å². The van der Waals surface area contributed by atoms with Crippen LogP contribution in [0.25, 0.3) is 11.0 Å². The summed E-state index contributed by atoms with van der Waals surface area (Å²) in [6, 6.07) is 9.06. The summed E-state index contributed by atoms with van der Waals surface area (Å²) in [5, 5.41) is 0. The van der Waals surface area contributed by atoms with Gasteiger partial charge in [-0.25, -0.2) is 9.78 Å². The van der Waals surface area contributed by atoms with Crippen LogP contribution in [0, 0.1) is 0 Å². The number of aromatic amines is 1. The Balaban J connectivity index is 1.61. The number of aromatic nitrogens is 2. The van der Waals surface area contributed by atoms with Crippen LogP contribution in [0.1, 0.15) is 45.6 Å². The van der Waals surface area contributed by atoms with E-state index in [1.165, 1.54) is 19.4 Å². The van der Waals surface area contributed by atoms with Gasteiger partial charge < -0.3 is 19.0 Å². The van der Waals surface area contributed by atoms with Gasteiger partial charge in [0.15, 0.2) is 5.76 Å². The number of para-hydroxylation sites is 2. The number of ether oxygens (including phenoxy) is 1. The van der Waals surface area contributed by atoms with E-state index < -0.39 is 5.97 Å². The first kappa shape index (κ1) is 15.4. The first-order valence-corrected chi connectivity index (χ1v) is 8.10. The van der Waals surface area contributed by atoms with E-state index in [0.717, 1.165) is 29.7 Å². The molecule has 3 aromatic rings. The third kappa shape index (κ3) is 2.67. The second-order valence-corrected chi connectivity index (χ2v) is 5.99. The Bertz CT molecular complexity index is 910. The number of benzene rings is 1. The van der Waals surface area contributed by atoms with E-state index in [-0.39, 0.29) is 23.3 Å². The Labute approximate surface area is 143 Å². The number of fused-ring (bicyclic) bond motifs is 1. The van der Waals surface area contributed by atoms with Crippen LogP contribution in [-0.4, -0.2) is 40.4 Å². The van der Waals surface area contributed by atoms with Crippen molar-refractivity contribution in [1.82, 2.24) is 14.9 Å². The number of furan rings is 1. The van der Waals surface area contributed by atoms with Crippen molar-refractivity contribution in [2.45, 2.75) is 18.9 Å². The minimum absolute atomic E-state index is 0.128. The molecule has 0 radical (unpaired) electrons. The van der Waals surface area contributed by atoms with Crippen LogP contribution >= 0.6 is 0 Å². The van der Waals surface area contributed by atoms with E-state index in [2.05, 4.69) is 14.7 Å². The monoisotopic (exact) mass is 339 g/mol. The molecule has 0 aliphatic carbocycles. The molecule has 7 nitrogen and oxygen atoms in total. The minimum Gasteiger partial charge on any atom is -0.465 e. The maximum Gasteiger partial charge on any atom is 0.341 e. The number of likely N-dealkylation sites (tertiary alicyclic amines) is 1. The predicted molar refractivity (Wildman–Crippen MR) is 89.2 cm³/mol. The highest BCUT2D eigenvalue weighted by atomic mass is 16.5. The first-order valence-electron chi connectivity index (χ1n) is 8.10. The highest BCUT2D eigenvalue weighted by Crippen LogP contribution is 2.32. The maximum absolute atomic E-state index is 12.8. The predicted octanol–water partition coefficient (Wildman–Crippen LogP) is 2.92. The van der Waals surface area contributed by atoms with Gasteiger partial charge in [0.05, 0.1) is 29.7 Å². The number of nitrogens with one attached hydrogen (secondary N) is 1. The van der Waals surface area contributed by atoms with Crippen LogP contribution in [0.3, 0.4) is 0 Å². The number of rotatable bonds is 3. The summed E-state index contributed by atoms with van der Waals surface area (Å²) in [4.78, 5) is 34.0. The third-order valence-corrected chi connectivity index (χ3v) is 4.47. The lowest BCUT2D eigenvalue weighted by Gasteiger charge is -2.21. The number of hydrogen-bond donors (Lipinski definition) is 1. The summed E-state index contributed by atoms with van der Waals surface area (Å²) < 4.78 is 9.92. The van der Waals surface area contributed by atoms with Crippen molar-refractivity contribution in [2.24, 2.45) is 0 Å². The normalized spacial score (nSPS) is 17.2. The van der Waals surface area contributed by atoms with Gasteiger partial charge in [-0.05, 0) is 25.0 Å². The summed E-state index contributed by atoms with van der Waals surface area (Å²) >= 11 is 0. The highest BCUT2D eigenvalue weighted by Gasteiger charge is 2.34. The standard InChI is InChI=1S/C18H17N3O4/c1-24-18(23)11-9-15(25-10-11)17(22)21-8-4-7-14(21)16-19-12-5-2-3-6-13(12)20-16/h2-3,5-6,9-10,14H,4,7-8H2,1H3,(H,19,20)/t14-/m1/s1. The molecule has 25 heavy (non-hydrogen) atoms.